The SMILES string of the molecule is CCc1cc(CC(NC)C2CCCC2(C)C)n(C)n1. The van der Waals surface area contributed by atoms with Crippen molar-refractivity contribution >= 4 is 0 Å². The Hall–Kier alpha value is -0.830. The summed E-state index contributed by atoms with van der Waals surface area (Å²) in [6.45, 7) is 7.02. The minimum Gasteiger partial charge on any atom is -0.316 e. The second kappa shape index (κ2) is 5.66. The lowest BCUT2D eigenvalue weighted by molar-refractivity contribution is 0.200. The average molecular weight is 263 g/mol. The molecule has 1 aromatic heterocycles. The molecular formula is C16H29N3. The Bertz CT molecular complexity index is 420. The molecule has 3 heteroatoms. The molecule has 1 saturated carbocycles. The Morgan fingerprint density at radius 1 is 1.53 bits per heavy atom. The molecule has 2 unspecified atom stereocenters. The van der Waals surface area contributed by atoms with Gasteiger partial charge in [-0.3, -0.25) is 4.68 Å². The zero-order chi connectivity index (χ0) is 14.0. The fourth-order valence-electron chi connectivity index (χ4n) is 3.71. The molecule has 19 heavy (non-hydrogen) atoms. The van der Waals surface area contributed by atoms with Gasteiger partial charge in [0.25, 0.3) is 0 Å². The molecule has 1 aliphatic carbocycles. The van der Waals surface area contributed by atoms with E-state index in [0.29, 0.717) is 11.5 Å². The summed E-state index contributed by atoms with van der Waals surface area (Å²) in [5.41, 5.74) is 3.04. The van der Waals surface area contributed by atoms with Crippen LogP contribution in [0.25, 0.3) is 0 Å². The highest BCUT2D eigenvalue weighted by Gasteiger charge is 2.39. The van der Waals surface area contributed by atoms with Gasteiger partial charge in [0.1, 0.15) is 0 Å². The van der Waals surface area contributed by atoms with Gasteiger partial charge in [-0.05, 0) is 43.7 Å². The first-order valence-corrected chi connectivity index (χ1v) is 7.67. The van der Waals surface area contributed by atoms with E-state index in [4.69, 9.17) is 0 Å². The van der Waals surface area contributed by atoms with Crippen molar-refractivity contribution in [3.05, 3.63) is 17.5 Å². The van der Waals surface area contributed by atoms with Crippen molar-refractivity contribution in [1.29, 1.82) is 0 Å². The van der Waals surface area contributed by atoms with E-state index in [0.717, 1.165) is 18.8 Å². The van der Waals surface area contributed by atoms with Gasteiger partial charge in [-0.25, -0.2) is 0 Å². The molecule has 1 aliphatic rings. The monoisotopic (exact) mass is 263 g/mol. The number of rotatable bonds is 5. The highest BCUT2D eigenvalue weighted by Crippen LogP contribution is 2.44. The number of aromatic nitrogens is 2. The molecule has 1 fully saturated rings. The first kappa shape index (κ1) is 14.6. The Balaban J connectivity index is 2.12. The van der Waals surface area contributed by atoms with E-state index in [9.17, 15) is 0 Å². The largest absolute Gasteiger partial charge is 0.316 e. The van der Waals surface area contributed by atoms with Crippen LogP contribution < -0.4 is 5.32 Å². The van der Waals surface area contributed by atoms with E-state index in [1.54, 1.807) is 0 Å². The van der Waals surface area contributed by atoms with Crippen LogP contribution in [-0.2, 0) is 19.9 Å². The zero-order valence-corrected chi connectivity index (χ0v) is 13.2. The molecule has 3 nitrogen and oxygen atoms in total. The Morgan fingerprint density at radius 3 is 2.74 bits per heavy atom. The molecule has 0 spiro atoms. The van der Waals surface area contributed by atoms with Gasteiger partial charge in [0.15, 0.2) is 0 Å². The Kier molecular flexibility index (Phi) is 4.34. The molecule has 2 atom stereocenters. The maximum absolute atomic E-state index is 4.57. The van der Waals surface area contributed by atoms with Gasteiger partial charge in [0, 0.05) is 25.2 Å². The van der Waals surface area contributed by atoms with Gasteiger partial charge in [-0.1, -0.05) is 27.2 Å². The summed E-state index contributed by atoms with van der Waals surface area (Å²) in [5.74, 6) is 0.775. The molecule has 1 N–H and O–H groups in total. The average Bonchev–Trinajstić information content (AvgIpc) is 2.89. The van der Waals surface area contributed by atoms with E-state index in [-0.39, 0.29) is 0 Å². The fraction of sp³-hybridized carbons (Fsp3) is 0.812. The standard InChI is InChI=1S/C16H29N3/c1-6-12-10-13(19(5)18-12)11-15(17-4)14-8-7-9-16(14,2)3/h10,14-15,17H,6-9,11H2,1-5H3. The second-order valence-electron chi connectivity index (χ2n) is 6.69. The summed E-state index contributed by atoms with van der Waals surface area (Å²) < 4.78 is 2.06. The van der Waals surface area contributed by atoms with Crippen LogP contribution in [0, 0.1) is 11.3 Å². The number of aryl methyl sites for hydroxylation is 2. The molecule has 0 saturated heterocycles. The van der Waals surface area contributed by atoms with Crippen LogP contribution in [0.3, 0.4) is 0 Å². The van der Waals surface area contributed by atoms with Crippen LogP contribution in [0.2, 0.25) is 0 Å². The summed E-state index contributed by atoms with van der Waals surface area (Å²) >= 11 is 0. The lowest BCUT2D eigenvalue weighted by Crippen LogP contribution is -2.40. The third kappa shape index (κ3) is 3.02. The van der Waals surface area contributed by atoms with Gasteiger partial charge in [-0.15, -0.1) is 0 Å². The maximum Gasteiger partial charge on any atom is 0.0624 e. The van der Waals surface area contributed by atoms with Crippen molar-refractivity contribution < 1.29 is 0 Å². The molecule has 0 bridgehead atoms. The van der Waals surface area contributed by atoms with E-state index in [1.165, 1.54) is 30.7 Å². The van der Waals surface area contributed by atoms with Crippen molar-refractivity contribution in [1.82, 2.24) is 15.1 Å². The second-order valence-corrected chi connectivity index (χ2v) is 6.69. The predicted molar refractivity (Wildman–Crippen MR) is 80.3 cm³/mol. The van der Waals surface area contributed by atoms with Crippen LogP contribution in [0.15, 0.2) is 6.07 Å². The molecule has 0 radical (unpaired) electrons. The molecule has 108 valence electrons. The molecule has 2 rings (SSSR count). The molecule has 0 aliphatic heterocycles. The number of hydrogen-bond donors (Lipinski definition) is 1. The van der Waals surface area contributed by atoms with Crippen LogP contribution in [0.5, 0.6) is 0 Å². The number of nitrogens with one attached hydrogen (secondary N) is 1. The lowest BCUT2D eigenvalue weighted by atomic mass is 9.76. The van der Waals surface area contributed by atoms with Crippen LogP contribution >= 0.6 is 0 Å². The summed E-state index contributed by atoms with van der Waals surface area (Å²) in [7, 11) is 4.18. The van der Waals surface area contributed by atoms with Gasteiger partial charge >= 0.3 is 0 Å². The third-order valence-corrected chi connectivity index (χ3v) is 5.02. The Labute approximate surface area is 117 Å². The number of nitrogens with zero attached hydrogens (tertiary/aromatic N) is 2. The molecule has 1 heterocycles. The normalized spacial score (nSPS) is 23.7. The van der Waals surface area contributed by atoms with E-state index in [1.807, 2.05) is 0 Å². The van der Waals surface area contributed by atoms with Crippen molar-refractivity contribution in [2.24, 2.45) is 18.4 Å². The topological polar surface area (TPSA) is 29.9 Å². The molecule has 0 aromatic carbocycles. The van der Waals surface area contributed by atoms with Crippen molar-refractivity contribution in [3.63, 3.8) is 0 Å². The van der Waals surface area contributed by atoms with Gasteiger partial charge < -0.3 is 5.32 Å². The highest BCUT2D eigenvalue weighted by molar-refractivity contribution is 5.12. The summed E-state index contributed by atoms with van der Waals surface area (Å²) in [6, 6.07) is 2.84. The Morgan fingerprint density at radius 2 is 2.26 bits per heavy atom. The first-order valence-electron chi connectivity index (χ1n) is 7.67. The predicted octanol–water partition coefficient (Wildman–Crippen LogP) is 2.94. The fourth-order valence-corrected chi connectivity index (χ4v) is 3.71. The van der Waals surface area contributed by atoms with Crippen LogP contribution in [0.4, 0.5) is 0 Å². The van der Waals surface area contributed by atoms with Crippen LogP contribution in [0.1, 0.15) is 51.4 Å². The van der Waals surface area contributed by atoms with Gasteiger partial charge in [0.2, 0.25) is 0 Å². The third-order valence-electron chi connectivity index (χ3n) is 5.02. The quantitative estimate of drug-likeness (QED) is 0.885. The van der Waals surface area contributed by atoms with E-state index >= 15 is 0 Å². The number of likely N-dealkylation sites (N-methyl/N-ethyl adjacent to an activating group) is 1. The minimum atomic E-state index is 0.472. The van der Waals surface area contributed by atoms with Crippen molar-refractivity contribution in [2.75, 3.05) is 7.05 Å². The van der Waals surface area contributed by atoms with E-state index in [2.05, 4.69) is 56.0 Å². The zero-order valence-electron chi connectivity index (χ0n) is 13.2. The molecule has 1 aromatic rings. The highest BCUT2D eigenvalue weighted by atomic mass is 15.3. The summed E-state index contributed by atoms with van der Waals surface area (Å²) in [6.07, 6.45) is 6.21. The smallest absolute Gasteiger partial charge is 0.0624 e. The number of hydrogen-bond acceptors (Lipinski definition) is 2. The molecular weight excluding hydrogens is 234 g/mol. The lowest BCUT2D eigenvalue weighted by Gasteiger charge is -2.34. The maximum atomic E-state index is 4.57. The van der Waals surface area contributed by atoms with Crippen molar-refractivity contribution in [2.45, 2.75) is 58.9 Å². The summed E-state index contributed by atoms with van der Waals surface area (Å²) in [4.78, 5) is 0. The van der Waals surface area contributed by atoms with Crippen LogP contribution in [-0.4, -0.2) is 22.9 Å². The van der Waals surface area contributed by atoms with Crippen molar-refractivity contribution in [3.8, 4) is 0 Å². The van der Waals surface area contributed by atoms with E-state index < -0.39 is 0 Å². The molecule has 0 amide bonds. The first-order chi connectivity index (χ1) is 8.97. The van der Waals surface area contributed by atoms with Gasteiger partial charge in [-0.2, -0.15) is 5.10 Å². The van der Waals surface area contributed by atoms with Gasteiger partial charge in [0.05, 0.1) is 5.69 Å². The summed E-state index contributed by atoms with van der Waals surface area (Å²) in [5, 5.41) is 8.13. The minimum absolute atomic E-state index is 0.472.